The highest BCUT2D eigenvalue weighted by atomic mass is 16.5. The lowest BCUT2D eigenvalue weighted by atomic mass is 9.69. The number of hydrogen-bond acceptors (Lipinski definition) is 4. The van der Waals surface area contributed by atoms with Gasteiger partial charge in [-0.05, 0) is 18.3 Å². The zero-order valence-corrected chi connectivity index (χ0v) is 11.5. The third kappa shape index (κ3) is 3.71. The van der Waals surface area contributed by atoms with E-state index >= 15 is 0 Å². The van der Waals surface area contributed by atoms with Gasteiger partial charge in [0.2, 0.25) is 5.91 Å². The molecule has 2 fully saturated rings. The number of nitrogens with one attached hydrogen (secondary N) is 1. The van der Waals surface area contributed by atoms with E-state index in [0.29, 0.717) is 13.0 Å². The van der Waals surface area contributed by atoms with Gasteiger partial charge < -0.3 is 15.2 Å². The Morgan fingerprint density at radius 2 is 1.95 bits per heavy atom. The summed E-state index contributed by atoms with van der Waals surface area (Å²) >= 11 is 0. The molecule has 0 radical (unpaired) electrons. The number of carbonyl (C=O) groups excluding carboxylic acids is 2. The highest BCUT2D eigenvalue weighted by molar-refractivity contribution is 5.86. The Morgan fingerprint density at radius 1 is 1.25 bits per heavy atom. The van der Waals surface area contributed by atoms with Crippen molar-refractivity contribution in [2.45, 2.75) is 57.4 Å². The molecule has 1 heterocycles. The minimum absolute atomic E-state index is 0.0233. The fraction of sp³-hybridized carbons (Fsp3) is 0.786. The normalized spacial score (nSPS) is 25.0. The molecular weight excluding hydrogens is 262 g/mol. The zero-order chi connectivity index (χ0) is 14.6. The second kappa shape index (κ2) is 6.24. The van der Waals surface area contributed by atoms with E-state index in [1.54, 1.807) is 0 Å². The van der Waals surface area contributed by atoms with Crippen LogP contribution in [0.25, 0.3) is 0 Å². The summed E-state index contributed by atoms with van der Waals surface area (Å²) in [5, 5.41) is 11.7. The number of carboxylic acids is 1. The summed E-state index contributed by atoms with van der Waals surface area (Å²) < 4.78 is 4.80. The number of ether oxygens (including phenoxy) is 1. The van der Waals surface area contributed by atoms with E-state index in [2.05, 4.69) is 5.32 Å². The zero-order valence-electron chi connectivity index (χ0n) is 11.5. The molecule has 1 aliphatic heterocycles. The van der Waals surface area contributed by atoms with Crippen molar-refractivity contribution >= 4 is 17.8 Å². The Morgan fingerprint density at radius 3 is 2.50 bits per heavy atom. The van der Waals surface area contributed by atoms with Crippen molar-refractivity contribution < 1.29 is 24.2 Å². The Bertz CT molecular complexity index is 400. The smallest absolute Gasteiger partial charge is 0.328 e. The minimum Gasteiger partial charge on any atom is -0.481 e. The monoisotopic (exact) mass is 283 g/mol. The molecule has 0 bridgehead atoms. The summed E-state index contributed by atoms with van der Waals surface area (Å²) in [6.45, 7) is 0.337. The van der Waals surface area contributed by atoms with Crippen LogP contribution in [0.15, 0.2) is 0 Å². The van der Waals surface area contributed by atoms with Crippen LogP contribution in [0.3, 0.4) is 0 Å². The molecular formula is C14H21NO5. The van der Waals surface area contributed by atoms with E-state index in [0.717, 1.165) is 32.1 Å². The topological polar surface area (TPSA) is 92.7 Å². The summed E-state index contributed by atoms with van der Waals surface area (Å²) in [6, 6.07) is -0.562. The van der Waals surface area contributed by atoms with Crippen LogP contribution in [0.5, 0.6) is 0 Å². The van der Waals surface area contributed by atoms with E-state index in [1.165, 1.54) is 0 Å². The molecule has 1 saturated carbocycles. The maximum atomic E-state index is 12.1. The highest BCUT2D eigenvalue weighted by Gasteiger charge is 2.37. The van der Waals surface area contributed by atoms with Gasteiger partial charge in [-0.1, -0.05) is 19.3 Å². The van der Waals surface area contributed by atoms with Gasteiger partial charge >= 0.3 is 11.9 Å². The van der Waals surface area contributed by atoms with Crippen LogP contribution in [-0.4, -0.2) is 35.6 Å². The van der Waals surface area contributed by atoms with Crippen molar-refractivity contribution in [3.8, 4) is 0 Å². The number of amides is 1. The van der Waals surface area contributed by atoms with Crippen molar-refractivity contribution in [3.63, 3.8) is 0 Å². The van der Waals surface area contributed by atoms with Gasteiger partial charge in [-0.25, -0.2) is 4.79 Å². The van der Waals surface area contributed by atoms with E-state index < -0.39 is 23.4 Å². The molecule has 20 heavy (non-hydrogen) atoms. The van der Waals surface area contributed by atoms with Crippen molar-refractivity contribution in [3.05, 3.63) is 0 Å². The lowest BCUT2D eigenvalue weighted by Crippen LogP contribution is -2.41. The summed E-state index contributed by atoms with van der Waals surface area (Å²) in [7, 11) is 0. The number of aliphatic carboxylic acids is 1. The fourth-order valence-corrected chi connectivity index (χ4v) is 3.25. The van der Waals surface area contributed by atoms with E-state index in [9.17, 15) is 14.4 Å². The van der Waals surface area contributed by atoms with Gasteiger partial charge in [0.1, 0.15) is 6.04 Å². The fourth-order valence-electron chi connectivity index (χ4n) is 3.25. The summed E-state index contributed by atoms with van der Waals surface area (Å²) in [5.74, 6) is -1.49. The molecule has 6 heteroatoms. The van der Waals surface area contributed by atoms with Crippen molar-refractivity contribution in [2.24, 2.45) is 5.41 Å². The average Bonchev–Trinajstić information content (AvgIpc) is 2.74. The largest absolute Gasteiger partial charge is 0.481 e. The summed E-state index contributed by atoms with van der Waals surface area (Å²) in [4.78, 5) is 34.5. The van der Waals surface area contributed by atoms with Crippen LogP contribution >= 0.6 is 0 Å². The predicted octanol–water partition coefficient (Wildman–Crippen LogP) is 1.23. The number of cyclic esters (lactones) is 1. The van der Waals surface area contributed by atoms with Gasteiger partial charge in [0, 0.05) is 12.8 Å². The lowest BCUT2D eigenvalue weighted by molar-refractivity contribution is -0.143. The predicted molar refractivity (Wildman–Crippen MR) is 69.9 cm³/mol. The molecule has 1 saturated heterocycles. The first kappa shape index (κ1) is 14.8. The van der Waals surface area contributed by atoms with Gasteiger partial charge in [-0.2, -0.15) is 0 Å². The molecule has 1 unspecified atom stereocenters. The van der Waals surface area contributed by atoms with Crippen LogP contribution in [0.2, 0.25) is 0 Å². The number of carboxylic acid groups (broad SMARTS) is 1. The van der Waals surface area contributed by atoms with Crippen molar-refractivity contribution in [1.29, 1.82) is 0 Å². The number of hydrogen-bond donors (Lipinski definition) is 2. The first-order chi connectivity index (χ1) is 9.51. The standard InChI is InChI=1S/C14H21NO5/c16-11(15-10-4-7-20-13(10)19)8-14(9-12(17)18)5-2-1-3-6-14/h10H,1-9H2,(H,15,16)(H,17,18). The van der Waals surface area contributed by atoms with Gasteiger partial charge in [0.15, 0.2) is 0 Å². The second-order valence-electron chi connectivity index (χ2n) is 5.88. The molecule has 1 aliphatic carbocycles. The summed E-state index contributed by atoms with van der Waals surface area (Å²) in [6.07, 6.45) is 5.26. The minimum atomic E-state index is -0.861. The van der Waals surface area contributed by atoms with E-state index in [4.69, 9.17) is 9.84 Å². The van der Waals surface area contributed by atoms with E-state index in [-0.39, 0.29) is 18.7 Å². The number of carbonyl (C=O) groups is 3. The van der Waals surface area contributed by atoms with E-state index in [1.807, 2.05) is 0 Å². The van der Waals surface area contributed by atoms with Gasteiger partial charge in [0.05, 0.1) is 13.0 Å². The van der Waals surface area contributed by atoms with Crippen LogP contribution in [0, 0.1) is 5.41 Å². The molecule has 0 aromatic heterocycles. The maximum absolute atomic E-state index is 12.1. The van der Waals surface area contributed by atoms with Crippen LogP contribution in [-0.2, 0) is 19.1 Å². The van der Waals surface area contributed by atoms with Gasteiger partial charge in [0.25, 0.3) is 0 Å². The first-order valence-electron chi connectivity index (χ1n) is 7.19. The van der Waals surface area contributed by atoms with Crippen LogP contribution < -0.4 is 5.32 Å². The summed E-state index contributed by atoms with van der Waals surface area (Å²) in [5.41, 5.74) is -0.448. The quantitative estimate of drug-likeness (QED) is 0.740. The molecule has 0 spiro atoms. The third-order valence-corrected chi connectivity index (χ3v) is 4.25. The molecule has 112 valence electrons. The average molecular weight is 283 g/mol. The Kier molecular flexibility index (Phi) is 4.62. The lowest BCUT2D eigenvalue weighted by Gasteiger charge is -2.35. The molecule has 1 amide bonds. The Balaban J connectivity index is 1.94. The number of rotatable bonds is 5. The first-order valence-corrected chi connectivity index (χ1v) is 7.19. The third-order valence-electron chi connectivity index (χ3n) is 4.25. The van der Waals surface area contributed by atoms with Crippen molar-refractivity contribution in [2.75, 3.05) is 6.61 Å². The second-order valence-corrected chi connectivity index (χ2v) is 5.88. The molecule has 2 rings (SSSR count). The van der Waals surface area contributed by atoms with Gasteiger partial charge in [-0.3, -0.25) is 9.59 Å². The molecule has 0 aromatic carbocycles. The molecule has 0 aromatic rings. The van der Waals surface area contributed by atoms with Gasteiger partial charge in [-0.15, -0.1) is 0 Å². The molecule has 6 nitrogen and oxygen atoms in total. The molecule has 2 N–H and O–H groups in total. The van der Waals surface area contributed by atoms with Crippen LogP contribution in [0.4, 0.5) is 0 Å². The highest BCUT2D eigenvalue weighted by Crippen LogP contribution is 2.42. The Hall–Kier alpha value is -1.59. The SMILES string of the molecule is O=C(O)CC1(CC(=O)NC2CCOC2=O)CCCCC1. The Labute approximate surface area is 117 Å². The molecule has 1 atom stereocenters. The maximum Gasteiger partial charge on any atom is 0.328 e. The van der Waals surface area contributed by atoms with Crippen LogP contribution in [0.1, 0.15) is 51.4 Å². The van der Waals surface area contributed by atoms with Crippen molar-refractivity contribution in [1.82, 2.24) is 5.32 Å². The molecule has 2 aliphatic rings. The number of esters is 1.